The number of ketones is 1. The summed E-state index contributed by atoms with van der Waals surface area (Å²) in [5, 5.41) is 3.61. The molecule has 2 aromatic carbocycles. The molecular formula is C21H21F2N3O3S2. The summed E-state index contributed by atoms with van der Waals surface area (Å²) >= 11 is 1.22. The Hall–Kier alpha value is -2.69. The Morgan fingerprint density at radius 1 is 1.19 bits per heavy atom. The Balaban J connectivity index is 1.54. The second-order valence-corrected chi connectivity index (χ2v) is 9.90. The van der Waals surface area contributed by atoms with Gasteiger partial charge in [0.1, 0.15) is 16.5 Å². The summed E-state index contributed by atoms with van der Waals surface area (Å²) in [5.41, 5.74) is 1.51. The number of aromatic nitrogens is 1. The van der Waals surface area contributed by atoms with Gasteiger partial charge in [0.2, 0.25) is 15.8 Å². The lowest BCUT2D eigenvalue weighted by atomic mass is 10.0. The second kappa shape index (κ2) is 9.63. The number of hydrogen-bond acceptors (Lipinski definition) is 6. The number of halogens is 2. The number of nitrogens with one attached hydrogen (secondary N) is 1. The predicted octanol–water partition coefficient (Wildman–Crippen LogP) is 4.08. The smallest absolute Gasteiger partial charge is 0.245 e. The van der Waals surface area contributed by atoms with Crippen molar-refractivity contribution < 1.29 is 22.0 Å². The van der Waals surface area contributed by atoms with E-state index in [1.807, 2.05) is 25.1 Å². The summed E-state index contributed by atoms with van der Waals surface area (Å²) < 4.78 is 52.8. The Labute approximate surface area is 183 Å². The number of aryl methyl sites for hydroxylation is 1. The van der Waals surface area contributed by atoms with Crippen molar-refractivity contribution in [1.29, 1.82) is 0 Å². The molecule has 1 aromatic heterocycles. The largest absolute Gasteiger partial charge is 0.361 e. The maximum absolute atomic E-state index is 13.8. The zero-order chi connectivity index (χ0) is 22.6. The lowest BCUT2D eigenvalue weighted by Crippen LogP contribution is -2.29. The normalized spacial score (nSPS) is 11.6. The number of thiazole rings is 1. The van der Waals surface area contributed by atoms with Gasteiger partial charge < -0.3 is 5.32 Å². The fourth-order valence-corrected chi connectivity index (χ4v) is 4.94. The third-order valence-electron chi connectivity index (χ3n) is 4.63. The molecule has 0 aliphatic carbocycles. The van der Waals surface area contributed by atoms with E-state index in [0.717, 1.165) is 22.0 Å². The molecule has 0 atom stereocenters. The minimum atomic E-state index is -4.07. The van der Waals surface area contributed by atoms with Crippen LogP contribution < -0.4 is 5.32 Å². The number of hydrogen-bond donors (Lipinski definition) is 1. The lowest BCUT2D eigenvalue weighted by Gasteiger charge is -2.17. The fraction of sp³-hybridized carbons (Fsp3) is 0.238. The van der Waals surface area contributed by atoms with Crippen LogP contribution >= 0.6 is 11.3 Å². The number of rotatable bonds is 9. The number of benzene rings is 2. The van der Waals surface area contributed by atoms with Crippen LogP contribution in [-0.2, 0) is 10.0 Å². The van der Waals surface area contributed by atoms with Crippen molar-refractivity contribution in [2.24, 2.45) is 0 Å². The highest BCUT2D eigenvalue weighted by Crippen LogP contribution is 2.23. The van der Waals surface area contributed by atoms with Gasteiger partial charge in [-0.1, -0.05) is 35.6 Å². The third-order valence-corrected chi connectivity index (χ3v) is 7.47. The lowest BCUT2D eigenvalue weighted by molar-refractivity contribution is 0.104. The van der Waals surface area contributed by atoms with E-state index in [1.165, 1.54) is 24.6 Å². The summed E-state index contributed by atoms with van der Waals surface area (Å²) in [7, 11) is -2.73. The van der Waals surface area contributed by atoms with Gasteiger partial charge in [-0.3, -0.25) is 4.79 Å². The molecule has 6 nitrogen and oxygen atoms in total. The van der Waals surface area contributed by atoms with Crippen molar-refractivity contribution >= 4 is 32.3 Å². The van der Waals surface area contributed by atoms with E-state index in [-0.39, 0.29) is 12.3 Å². The molecule has 0 aliphatic rings. The molecular weight excluding hydrogens is 444 g/mol. The highest BCUT2D eigenvalue weighted by atomic mass is 32.2. The maximum Gasteiger partial charge on any atom is 0.245 e. The summed E-state index contributed by atoms with van der Waals surface area (Å²) in [6.07, 6.45) is 1.93. The van der Waals surface area contributed by atoms with E-state index >= 15 is 0 Å². The molecule has 0 saturated carbocycles. The van der Waals surface area contributed by atoms with Crippen LogP contribution in [0, 0.1) is 18.6 Å². The summed E-state index contributed by atoms with van der Waals surface area (Å²) in [5.74, 6) is -2.07. The molecule has 31 heavy (non-hydrogen) atoms. The molecule has 0 fully saturated rings. The Bertz CT molecular complexity index is 1200. The molecule has 1 heterocycles. The van der Waals surface area contributed by atoms with Gasteiger partial charge in [0.25, 0.3) is 0 Å². The molecule has 3 aromatic rings. The van der Waals surface area contributed by atoms with E-state index in [0.29, 0.717) is 34.6 Å². The van der Waals surface area contributed by atoms with E-state index in [2.05, 4.69) is 10.3 Å². The first kappa shape index (κ1) is 23.0. The number of carbonyl (C=O) groups is 1. The molecule has 0 spiro atoms. The van der Waals surface area contributed by atoms with Crippen LogP contribution in [0.5, 0.6) is 0 Å². The number of nitrogens with zero attached hydrogens (tertiary/aromatic N) is 2. The van der Waals surface area contributed by atoms with Gasteiger partial charge in [-0.25, -0.2) is 26.5 Å². The molecule has 164 valence electrons. The Morgan fingerprint density at radius 2 is 1.94 bits per heavy atom. The van der Waals surface area contributed by atoms with Gasteiger partial charge in [0.05, 0.1) is 11.1 Å². The molecule has 0 amide bonds. The summed E-state index contributed by atoms with van der Waals surface area (Å²) in [6, 6.07) is 9.68. The van der Waals surface area contributed by atoms with Crippen LogP contribution in [-0.4, -0.2) is 43.6 Å². The van der Waals surface area contributed by atoms with Crippen LogP contribution in [0.15, 0.2) is 53.6 Å². The zero-order valence-electron chi connectivity index (χ0n) is 16.9. The van der Waals surface area contributed by atoms with Crippen molar-refractivity contribution in [2.75, 3.05) is 25.5 Å². The molecule has 0 saturated heterocycles. The van der Waals surface area contributed by atoms with Crippen molar-refractivity contribution in [1.82, 2.24) is 9.29 Å². The molecule has 10 heteroatoms. The number of sulfonamides is 1. The van der Waals surface area contributed by atoms with Crippen LogP contribution in [0.3, 0.4) is 0 Å². The highest BCUT2D eigenvalue weighted by molar-refractivity contribution is 7.89. The van der Waals surface area contributed by atoms with Gasteiger partial charge in [0, 0.05) is 31.8 Å². The average Bonchev–Trinajstić information content (AvgIpc) is 3.19. The molecule has 0 unspecified atom stereocenters. The van der Waals surface area contributed by atoms with Crippen molar-refractivity contribution in [3.8, 4) is 0 Å². The van der Waals surface area contributed by atoms with Crippen LogP contribution in [0.2, 0.25) is 0 Å². The van der Waals surface area contributed by atoms with Crippen LogP contribution in [0.25, 0.3) is 0 Å². The minimum absolute atomic E-state index is 0.101. The quantitative estimate of drug-likeness (QED) is 0.381. The number of anilines is 1. The van der Waals surface area contributed by atoms with E-state index in [1.54, 1.807) is 6.07 Å². The average molecular weight is 466 g/mol. The first-order chi connectivity index (χ1) is 14.7. The van der Waals surface area contributed by atoms with Gasteiger partial charge in [-0.2, -0.15) is 0 Å². The van der Waals surface area contributed by atoms with E-state index in [4.69, 9.17) is 0 Å². The Morgan fingerprint density at radius 3 is 2.65 bits per heavy atom. The van der Waals surface area contributed by atoms with Gasteiger partial charge in [-0.05, 0) is 31.0 Å². The number of carbonyl (C=O) groups excluding carboxylic acids is 1. The standard InChI is InChI=1S/C21H21F2N3O3S2/c1-14-6-3-4-7-16(14)20(27)18-13-25-21(30-18)24-10-5-11-26(2)31(28,29)19-9-8-15(22)12-17(19)23/h3-4,6-9,12-13H,5,10-11H2,1-2H3,(H,24,25). The maximum atomic E-state index is 13.8. The minimum Gasteiger partial charge on any atom is -0.361 e. The van der Waals surface area contributed by atoms with Gasteiger partial charge in [-0.15, -0.1) is 0 Å². The molecule has 0 aliphatic heterocycles. The SMILES string of the molecule is Cc1ccccc1C(=O)c1cnc(NCCCN(C)S(=O)(=O)c2ccc(F)cc2F)s1. The molecule has 0 bridgehead atoms. The van der Waals surface area contributed by atoms with Crippen molar-refractivity contribution in [3.05, 3.63) is 76.3 Å². The first-order valence-electron chi connectivity index (χ1n) is 9.41. The van der Waals surface area contributed by atoms with Crippen LogP contribution in [0.1, 0.15) is 27.2 Å². The summed E-state index contributed by atoms with van der Waals surface area (Å²) in [4.78, 5) is 16.7. The predicted molar refractivity (Wildman–Crippen MR) is 116 cm³/mol. The van der Waals surface area contributed by atoms with E-state index in [9.17, 15) is 22.0 Å². The third kappa shape index (κ3) is 5.33. The fourth-order valence-electron chi connectivity index (χ4n) is 2.89. The van der Waals surface area contributed by atoms with Gasteiger partial charge in [0.15, 0.2) is 5.13 Å². The first-order valence-corrected chi connectivity index (χ1v) is 11.7. The highest BCUT2D eigenvalue weighted by Gasteiger charge is 2.24. The van der Waals surface area contributed by atoms with E-state index < -0.39 is 26.6 Å². The Kier molecular flexibility index (Phi) is 7.14. The monoisotopic (exact) mass is 465 g/mol. The molecule has 0 radical (unpaired) electrons. The molecule has 1 N–H and O–H groups in total. The van der Waals surface area contributed by atoms with Gasteiger partial charge >= 0.3 is 0 Å². The van der Waals surface area contributed by atoms with Crippen LogP contribution in [0.4, 0.5) is 13.9 Å². The topological polar surface area (TPSA) is 79.4 Å². The van der Waals surface area contributed by atoms with Crippen molar-refractivity contribution in [2.45, 2.75) is 18.2 Å². The zero-order valence-corrected chi connectivity index (χ0v) is 18.6. The summed E-state index contributed by atoms with van der Waals surface area (Å²) in [6.45, 7) is 2.39. The van der Waals surface area contributed by atoms with Crippen molar-refractivity contribution in [3.63, 3.8) is 0 Å². The second-order valence-electron chi connectivity index (χ2n) is 6.86. The molecule has 3 rings (SSSR count).